The second kappa shape index (κ2) is 9.58. The van der Waals surface area contributed by atoms with Gasteiger partial charge in [0.2, 0.25) is 0 Å². The summed E-state index contributed by atoms with van der Waals surface area (Å²) in [6.45, 7) is 6.53. The number of hydrogen-bond acceptors (Lipinski definition) is 6. The smallest absolute Gasteiger partial charge is 0.406 e. The molecule has 3 heterocycles. The highest BCUT2D eigenvalue weighted by Crippen LogP contribution is 2.32. The van der Waals surface area contributed by atoms with Gasteiger partial charge in [0.05, 0.1) is 17.6 Å². The minimum Gasteiger partial charge on any atom is -0.406 e. The minimum absolute atomic E-state index is 0.235. The normalized spacial score (nSPS) is 15.4. The number of thioether (sulfide) groups is 1. The number of ether oxygens (including phenoxy) is 1. The predicted molar refractivity (Wildman–Crippen MR) is 119 cm³/mol. The fourth-order valence-corrected chi connectivity index (χ4v) is 4.81. The SMILES string of the molecule is CC(C)c1cnc2c(NCc3cccc(OC(F)(F)F)c3)cc(SC3CCNCC3)nn12. The van der Waals surface area contributed by atoms with Crippen LogP contribution in [0.2, 0.25) is 0 Å². The molecule has 1 saturated heterocycles. The number of fused-ring (bicyclic) bond motifs is 1. The van der Waals surface area contributed by atoms with E-state index in [1.54, 1.807) is 23.9 Å². The van der Waals surface area contributed by atoms with Gasteiger partial charge in [0.25, 0.3) is 0 Å². The monoisotopic (exact) mass is 465 g/mol. The zero-order valence-electron chi connectivity index (χ0n) is 17.9. The van der Waals surface area contributed by atoms with Crippen LogP contribution in [0.5, 0.6) is 5.75 Å². The number of benzene rings is 1. The van der Waals surface area contributed by atoms with Crippen molar-refractivity contribution in [2.75, 3.05) is 18.4 Å². The molecule has 0 aliphatic carbocycles. The lowest BCUT2D eigenvalue weighted by Gasteiger charge is -2.22. The third-order valence-electron chi connectivity index (χ3n) is 5.25. The Bertz CT molecular complexity index is 1060. The van der Waals surface area contributed by atoms with Gasteiger partial charge < -0.3 is 15.4 Å². The molecule has 10 heteroatoms. The molecule has 1 aliphatic heterocycles. The number of piperidine rings is 1. The fraction of sp³-hybridized carbons (Fsp3) is 0.455. The van der Waals surface area contributed by atoms with Crippen molar-refractivity contribution in [2.24, 2.45) is 0 Å². The highest BCUT2D eigenvalue weighted by atomic mass is 32.2. The molecule has 1 aliphatic rings. The van der Waals surface area contributed by atoms with Crippen LogP contribution in [0.15, 0.2) is 41.6 Å². The quantitative estimate of drug-likeness (QED) is 0.500. The van der Waals surface area contributed by atoms with E-state index in [4.69, 9.17) is 5.10 Å². The van der Waals surface area contributed by atoms with Gasteiger partial charge in [-0.05, 0) is 55.6 Å². The summed E-state index contributed by atoms with van der Waals surface area (Å²) in [4.78, 5) is 4.55. The third-order valence-corrected chi connectivity index (χ3v) is 6.50. The van der Waals surface area contributed by atoms with Gasteiger partial charge in [-0.3, -0.25) is 0 Å². The molecule has 0 amide bonds. The van der Waals surface area contributed by atoms with Gasteiger partial charge >= 0.3 is 6.36 Å². The summed E-state index contributed by atoms with van der Waals surface area (Å²) in [5.41, 5.74) is 3.18. The molecule has 1 aromatic carbocycles. The van der Waals surface area contributed by atoms with Crippen LogP contribution in [0.3, 0.4) is 0 Å². The zero-order valence-corrected chi connectivity index (χ0v) is 18.8. The van der Waals surface area contributed by atoms with Crippen LogP contribution in [-0.4, -0.2) is 39.3 Å². The van der Waals surface area contributed by atoms with Crippen LogP contribution in [0.25, 0.3) is 5.65 Å². The molecule has 1 fully saturated rings. The van der Waals surface area contributed by atoms with Crippen LogP contribution >= 0.6 is 11.8 Å². The van der Waals surface area contributed by atoms with E-state index in [1.165, 1.54) is 12.1 Å². The van der Waals surface area contributed by atoms with Gasteiger partial charge in [-0.15, -0.1) is 24.9 Å². The number of nitrogens with zero attached hydrogens (tertiary/aromatic N) is 3. The molecule has 0 saturated carbocycles. The summed E-state index contributed by atoms with van der Waals surface area (Å²) in [7, 11) is 0. The van der Waals surface area contributed by atoms with Gasteiger partial charge in [0.15, 0.2) is 5.65 Å². The van der Waals surface area contributed by atoms with E-state index in [9.17, 15) is 13.2 Å². The lowest BCUT2D eigenvalue weighted by Crippen LogP contribution is -2.29. The first-order valence-electron chi connectivity index (χ1n) is 10.6. The summed E-state index contributed by atoms with van der Waals surface area (Å²) in [5, 5.41) is 12.9. The molecule has 2 N–H and O–H groups in total. The topological polar surface area (TPSA) is 63.5 Å². The summed E-state index contributed by atoms with van der Waals surface area (Å²) in [5.74, 6) is 0.0161. The zero-order chi connectivity index (χ0) is 22.7. The number of anilines is 1. The minimum atomic E-state index is -4.72. The lowest BCUT2D eigenvalue weighted by atomic mass is 10.2. The summed E-state index contributed by atoms with van der Waals surface area (Å²) in [6, 6.07) is 7.96. The maximum atomic E-state index is 12.5. The predicted octanol–water partition coefficient (Wildman–Crippen LogP) is 5.21. The van der Waals surface area contributed by atoms with Gasteiger partial charge in [-0.2, -0.15) is 5.10 Å². The first-order chi connectivity index (χ1) is 15.3. The average molecular weight is 466 g/mol. The molecule has 0 radical (unpaired) electrons. The summed E-state index contributed by atoms with van der Waals surface area (Å²) < 4.78 is 43.5. The van der Waals surface area contributed by atoms with E-state index in [1.807, 2.05) is 16.8 Å². The number of halogens is 3. The first-order valence-corrected chi connectivity index (χ1v) is 11.5. The van der Waals surface area contributed by atoms with Crippen molar-refractivity contribution in [2.45, 2.75) is 55.8 Å². The highest BCUT2D eigenvalue weighted by molar-refractivity contribution is 7.99. The van der Waals surface area contributed by atoms with Crippen LogP contribution in [0.4, 0.5) is 18.9 Å². The molecule has 172 valence electrons. The van der Waals surface area contributed by atoms with Gasteiger partial charge in [0, 0.05) is 11.8 Å². The standard InChI is InChI=1S/C22H26F3N5OS/c1-14(2)19-13-28-21-18(11-20(29-30(19)21)32-17-6-8-26-9-7-17)27-12-15-4-3-5-16(10-15)31-22(23,24)25/h3-5,10-11,13-14,17,26-27H,6-9,12H2,1-2H3. The number of rotatable bonds is 7. The molecule has 32 heavy (non-hydrogen) atoms. The Morgan fingerprint density at radius 3 is 2.75 bits per heavy atom. The molecular weight excluding hydrogens is 439 g/mol. The summed E-state index contributed by atoms with van der Waals surface area (Å²) >= 11 is 1.76. The number of nitrogens with one attached hydrogen (secondary N) is 2. The molecule has 4 rings (SSSR count). The van der Waals surface area contributed by atoms with Gasteiger partial charge in [-0.25, -0.2) is 9.50 Å². The second-order valence-electron chi connectivity index (χ2n) is 8.09. The molecular formula is C22H26F3N5OS. The van der Waals surface area contributed by atoms with Crippen molar-refractivity contribution in [3.05, 3.63) is 47.8 Å². The number of aromatic nitrogens is 3. The van der Waals surface area contributed by atoms with Gasteiger partial charge in [0.1, 0.15) is 10.8 Å². The second-order valence-corrected chi connectivity index (χ2v) is 9.41. The Labute approximate surface area is 188 Å². The van der Waals surface area contributed by atoms with Crippen molar-refractivity contribution in [3.63, 3.8) is 0 Å². The maximum absolute atomic E-state index is 12.5. The Balaban J connectivity index is 1.59. The van der Waals surface area contributed by atoms with E-state index in [-0.39, 0.29) is 11.7 Å². The third kappa shape index (κ3) is 5.66. The Morgan fingerprint density at radius 1 is 1.25 bits per heavy atom. The number of imidazole rings is 1. The average Bonchev–Trinajstić information content (AvgIpc) is 3.16. The Hall–Kier alpha value is -2.46. The van der Waals surface area contributed by atoms with Crippen molar-refractivity contribution < 1.29 is 17.9 Å². The van der Waals surface area contributed by atoms with Crippen molar-refractivity contribution in [1.82, 2.24) is 19.9 Å². The molecule has 0 spiro atoms. The van der Waals surface area contributed by atoms with E-state index < -0.39 is 6.36 Å². The van der Waals surface area contributed by atoms with Crippen molar-refractivity contribution in [3.8, 4) is 5.75 Å². The maximum Gasteiger partial charge on any atom is 0.573 e. The van der Waals surface area contributed by atoms with Gasteiger partial charge in [-0.1, -0.05) is 26.0 Å². The van der Waals surface area contributed by atoms with Crippen molar-refractivity contribution in [1.29, 1.82) is 0 Å². The summed E-state index contributed by atoms with van der Waals surface area (Å²) in [6.07, 6.45) is -0.720. The number of alkyl halides is 3. The molecule has 3 aromatic rings. The van der Waals surface area contributed by atoms with E-state index in [2.05, 4.69) is 34.2 Å². The fourth-order valence-electron chi connectivity index (χ4n) is 3.68. The van der Waals surface area contributed by atoms with Crippen LogP contribution < -0.4 is 15.4 Å². The van der Waals surface area contributed by atoms with Crippen LogP contribution in [-0.2, 0) is 6.54 Å². The Kier molecular flexibility index (Phi) is 6.80. The lowest BCUT2D eigenvalue weighted by molar-refractivity contribution is -0.274. The van der Waals surface area contributed by atoms with Crippen LogP contribution in [0, 0.1) is 0 Å². The Morgan fingerprint density at radius 2 is 2.03 bits per heavy atom. The first kappa shape index (κ1) is 22.7. The van der Waals surface area contributed by atoms with Crippen molar-refractivity contribution >= 4 is 23.1 Å². The van der Waals surface area contributed by atoms with Crippen LogP contribution in [0.1, 0.15) is 43.9 Å². The van der Waals surface area contributed by atoms with E-state index >= 15 is 0 Å². The molecule has 0 bridgehead atoms. The molecule has 6 nitrogen and oxygen atoms in total. The largest absolute Gasteiger partial charge is 0.573 e. The molecule has 2 aromatic heterocycles. The number of hydrogen-bond donors (Lipinski definition) is 2. The highest BCUT2D eigenvalue weighted by Gasteiger charge is 2.31. The van der Waals surface area contributed by atoms with E-state index in [0.717, 1.165) is 42.3 Å². The van der Waals surface area contributed by atoms with E-state index in [0.29, 0.717) is 23.0 Å². The molecule has 0 atom stereocenters. The molecule has 0 unspecified atom stereocenters.